The van der Waals surface area contributed by atoms with Gasteiger partial charge in [-0.1, -0.05) is 25.5 Å². The maximum Gasteiger partial charge on any atom is 0.227 e. The molecule has 1 aromatic rings. The van der Waals surface area contributed by atoms with E-state index in [2.05, 4.69) is 12.2 Å². The highest BCUT2D eigenvalue weighted by atomic mass is 16.5. The van der Waals surface area contributed by atoms with E-state index in [0.717, 1.165) is 50.8 Å². The normalized spacial score (nSPS) is 19.7. The molecule has 1 aliphatic rings. The van der Waals surface area contributed by atoms with Crippen LogP contribution in [0.2, 0.25) is 0 Å². The lowest BCUT2D eigenvalue weighted by molar-refractivity contribution is -0.136. The molecule has 144 valence electrons. The number of carbonyl (C=O) groups excluding carboxylic acids is 2. The van der Waals surface area contributed by atoms with Crippen molar-refractivity contribution in [2.24, 2.45) is 11.8 Å². The van der Waals surface area contributed by atoms with Crippen molar-refractivity contribution in [1.29, 1.82) is 0 Å². The number of nitrogens with zero attached hydrogens (tertiary/aromatic N) is 1. The van der Waals surface area contributed by atoms with Crippen LogP contribution in [-0.2, 0) is 9.59 Å². The molecule has 0 aliphatic heterocycles. The summed E-state index contributed by atoms with van der Waals surface area (Å²) in [5, 5.41) is 3.00. The van der Waals surface area contributed by atoms with Gasteiger partial charge in [-0.3, -0.25) is 9.59 Å². The quantitative estimate of drug-likeness (QED) is 0.760. The topological polar surface area (TPSA) is 58.6 Å². The molecule has 0 aromatic heterocycles. The first-order valence-electron chi connectivity index (χ1n) is 9.84. The molecule has 1 N–H and O–H groups in total. The van der Waals surface area contributed by atoms with Crippen molar-refractivity contribution in [3.63, 3.8) is 0 Å². The highest BCUT2D eigenvalue weighted by molar-refractivity contribution is 5.94. The lowest BCUT2D eigenvalue weighted by Gasteiger charge is -2.30. The summed E-state index contributed by atoms with van der Waals surface area (Å²) in [5.41, 5.74) is 0.719. The van der Waals surface area contributed by atoms with Crippen molar-refractivity contribution in [1.82, 2.24) is 4.90 Å². The van der Waals surface area contributed by atoms with Crippen molar-refractivity contribution in [3.05, 3.63) is 24.3 Å². The Bertz CT molecular complexity index is 595. The highest BCUT2D eigenvalue weighted by Crippen LogP contribution is 2.32. The second-order valence-electron chi connectivity index (χ2n) is 7.08. The molecule has 5 heteroatoms. The summed E-state index contributed by atoms with van der Waals surface area (Å²) < 4.78 is 5.57. The maximum absolute atomic E-state index is 12.6. The van der Waals surface area contributed by atoms with E-state index >= 15 is 0 Å². The van der Waals surface area contributed by atoms with E-state index in [1.165, 1.54) is 0 Å². The number of amides is 2. The molecular weight excluding hydrogens is 328 g/mol. The minimum atomic E-state index is -0.0327. The third-order valence-electron chi connectivity index (χ3n) is 5.12. The number of para-hydroxylation sites is 2. The van der Waals surface area contributed by atoms with Crippen LogP contribution in [-0.4, -0.2) is 36.9 Å². The first-order chi connectivity index (χ1) is 12.6. The summed E-state index contributed by atoms with van der Waals surface area (Å²) in [6.07, 6.45) is 5.25. The van der Waals surface area contributed by atoms with Crippen molar-refractivity contribution < 1.29 is 14.3 Å². The number of ether oxygens (including phenoxy) is 1. The average Bonchev–Trinajstić information content (AvgIpc) is 2.67. The minimum absolute atomic E-state index is 0.0300. The molecule has 26 heavy (non-hydrogen) atoms. The third-order valence-corrected chi connectivity index (χ3v) is 5.12. The zero-order valence-corrected chi connectivity index (χ0v) is 16.3. The van der Waals surface area contributed by atoms with Crippen molar-refractivity contribution >= 4 is 17.5 Å². The van der Waals surface area contributed by atoms with E-state index in [9.17, 15) is 9.59 Å². The van der Waals surface area contributed by atoms with Crippen LogP contribution in [0.15, 0.2) is 24.3 Å². The van der Waals surface area contributed by atoms with Crippen LogP contribution in [0.4, 0.5) is 5.69 Å². The van der Waals surface area contributed by atoms with Crippen LogP contribution in [0.3, 0.4) is 0 Å². The highest BCUT2D eigenvalue weighted by Gasteiger charge is 2.31. The summed E-state index contributed by atoms with van der Waals surface area (Å²) in [6.45, 7) is 5.44. The smallest absolute Gasteiger partial charge is 0.227 e. The largest absolute Gasteiger partial charge is 0.492 e. The number of carbonyl (C=O) groups is 2. The monoisotopic (exact) mass is 360 g/mol. The maximum atomic E-state index is 12.6. The Labute approximate surface area is 157 Å². The van der Waals surface area contributed by atoms with Gasteiger partial charge in [0.25, 0.3) is 0 Å². The van der Waals surface area contributed by atoms with E-state index in [4.69, 9.17) is 4.74 Å². The Morgan fingerprint density at radius 1 is 1.12 bits per heavy atom. The SMILES string of the molecule is CCCCN(C)C(=O)C1CCC(C(=O)Nc2ccccc2OCC)CC1. The summed E-state index contributed by atoms with van der Waals surface area (Å²) in [4.78, 5) is 27.0. The Kier molecular flexibility index (Phi) is 7.95. The first-order valence-corrected chi connectivity index (χ1v) is 9.84. The summed E-state index contributed by atoms with van der Waals surface area (Å²) in [7, 11) is 1.89. The predicted octanol–water partition coefficient (Wildman–Crippen LogP) is 4.09. The van der Waals surface area contributed by atoms with Crippen LogP contribution in [0.5, 0.6) is 5.75 Å². The molecule has 0 spiro atoms. The molecule has 0 heterocycles. The van der Waals surface area contributed by atoms with Gasteiger partial charge >= 0.3 is 0 Å². The molecular formula is C21H32N2O3. The Morgan fingerprint density at radius 2 is 1.77 bits per heavy atom. The van der Waals surface area contributed by atoms with Gasteiger partial charge in [0.05, 0.1) is 12.3 Å². The molecule has 0 unspecified atom stereocenters. The number of unbranched alkanes of at least 4 members (excludes halogenated alkanes) is 1. The lowest BCUT2D eigenvalue weighted by Crippen LogP contribution is -2.37. The van der Waals surface area contributed by atoms with Gasteiger partial charge in [-0.05, 0) is 51.2 Å². The molecule has 2 rings (SSSR count). The molecule has 1 saturated carbocycles. The second kappa shape index (κ2) is 10.2. The van der Waals surface area contributed by atoms with E-state index in [1.807, 2.05) is 43.1 Å². The van der Waals surface area contributed by atoms with Gasteiger partial charge in [0.2, 0.25) is 11.8 Å². The zero-order chi connectivity index (χ0) is 18.9. The van der Waals surface area contributed by atoms with Gasteiger partial charge in [0.1, 0.15) is 5.75 Å². The summed E-state index contributed by atoms with van der Waals surface area (Å²) >= 11 is 0. The van der Waals surface area contributed by atoms with Gasteiger partial charge in [0, 0.05) is 25.4 Å². The van der Waals surface area contributed by atoms with Gasteiger partial charge in [-0.15, -0.1) is 0 Å². The molecule has 0 radical (unpaired) electrons. The molecule has 0 bridgehead atoms. The fraction of sp³-hybridized carbons (Fsp3) is 0.619. The number of nitrogens with one attached hydrogen (secondary N) is 1. The second-order valence-corrected chi connectivity index (χ2v) is 7.08. The average molecular weight is 360 g/mol. The summed E-state index contributed by atoms with van der Waals surface area (Å²) in [6, 6.07) is 7.51. The fourth-order valence-electron chi connectivity index (χ4n) is 3.51. The molecule has 0 saturated heterocycles. The predicted molar refractivity (Wildman–Crippen MR) is 104 cm³/mol. The van der Waals surface area contributed by atoms with Crippen molar-refractivity contribution in [2.45, 2.75) is 52.4 Å². The van der Waals surface area contributed by atoms with E-state index in [1.54, 1.807) is 0 Å². The molecule has 1 aliphatic carbocycles. The minimum Gasteiger partial charge on any atom is -0.492 e. The Balaban J connectivity index is 1.86. The van der Waals surface area contributed by atoms with E-state index in [0.29, 0.717) is 12.4 Å². The van der Waals surface area contributed by atoms with Gasteiger partial charge < -0.3 is 15.0 Å². The number of hydrogen-bond acceptors (Lipinski definition) is 3. The Morgan fingerprint density at radius 3 is 2.42 bits per heavy atom. The van der Waals surface area contributed by atoms with Crippen molar-refractivity contribution in [2.75, 3.05) is 25.5 Å². The first kappa shape index (κ1) is 20.3. The third kappa shape index (κ3) is 5.48. The molecule has 2 amide bonds. The molecule has 0 atom stereocenters. The molecule has 5 nitrogen and oxygen atoms in total. The van der Waals surface area contributed by atoms with Gasteiger partial charge in [0.15, 0.2) is 0 Å². The fourth-order valence-corrected chi connectivity index (χ4v) is 3.51. The molecule has 1 fully saturated rings. The van der Waals surface area contributed by atoms with Gasteiger partial charge in [-0.25, -0.2) is 0 Å². The van der Waals surface area contributed by atoms with E-state index in [-0.39, 0.29) is 23.7 Å². The number of hydrogen-bond donors (Lipinski definition) is 1. The van der Waals surface area contributed by atoms with Crippen LogP contribution in [0.1, 0.15) is 52.4 Å². The Hall–Kier alpha value is -2.04. The van der Waals surface area contributed by atoms with Crippen LogP contribution in [0.25, 0.3) is 0 Å². The molecule has 1 aromatic carbocycles. The summed E-state index contributed by atoms with van der Waals surface area (Å²) in [5.74, 6) is 0.998. The van der Waals surface area contributed by atoms with Gasteiger partial charge in [-0.2, -0.15) is 0 Å². The van der Waals surface area contributed by atoms with Crippen molar-refractivity contribution in [3.8, 4) is 5.75 Å². The van der Waals surface area contributed by atoms with Crippen LogP contribution >= 0.6 is 0 Å². The number of rotatable bonds is 8. The number of anilines is 1. The number of benzene rings is 1. The van der Waals surface area contributed by atoms with Crippen LogP contribution < -0.4 is 10.1 Å². The van der Waals surface area contributed by atoms with Crippen LogP contribution in [0, 0.1) is 11.8 Å². The zero-order valence-electron chi connectivity index (χ0n) is 16.3. The van der Waals surface area contributed by atoms with E-state index < -0.39 is 0 Å². The standard InChI is InChI=1S/C21H32N2O3/c1-4-6-15-23(3)21(25)17-13-11-16(12-14-17)20(24)22-18-9-7-8-10-19(18)26-5-2/h7-10,16-17H,4-6,11-15H2,1-3H3,(H,22,24). The lowest BCUT2D eigenvalue weighted by atomic mass is 9.81.